The second-order valence-corrected chi connectivity index (χ2v) is 6.85. The van der Waals surface area contributed by atoms with Gasteiger partial charge in [0.15, 0.2) is 12.4 Å². The van der Waals surface area contributed by atoms with Crippen molar-refractivity contribution in [1.29, 1.82) is 0 Å². The lowest BCUT2D eigenvalue weighted by atomic mass is 10.2. The molecule has 0 fully saturated rings. The first kappa shape index (κ1) is 20.3. The van der Waals surface area contributed by atoms with E-state index in [1.54, 1.807) is 0 Å². The molecule has 1 N–H and O–H groups in total. The summed E-state index contributed by atoms with van der Waals surface area (Å²) < 4.78 is 54.8. The fourth-order valence-electron chi connectivity index (χ4n) is 2.04. The number of esters is 2. The van der Waals surface area contributed by atoms with E-state index < -0.39 is 39.3 Å². The molecule has 0 unspecified atom stereocenters. The van der Waals surface area contributed by atoms with Crippen LogP contribution in [0.4, 0.5) is 4.39 Å². The number of hydrogen-bond acceptors (Lipinski definition) is 7. The minimum absolute atomic E-state index is 0.0535. The van der Waals surface area contributed by atoms with Gasteiger partial charge >= 0.3 is 11.9 Å². The molecule has 0 atom stereocenters. The van der Waals surface area contributed by atoms with Gasteiger partial charge in [0.2, 0.25) is 10.0 Å². The zero-order valence-electron chi connectivity index (χ0n) is 14.2. The Labute approximate surface area is 154 Å². The van der Waals surface area contributed by atoms with Gasteiger partial charge in [-0.15, -0.1) is 6.58 Å². The maximum Gasteiger partial charge on any atom is 0.341 e. The van der Waals surface area contributed by atoms with E-state index in [1.165, 1.54) is 25.5 Å². The molecular weight excluding hydrogens is 381 g/mol. The summed E-state index contributed by atoms with van der Waals surface area (Å²) in [6, 6.07) is 4.12. The number of ether oxygens (including phenoxy) is 2. The summed E-state index contributed by atoms with van der Waals surface area (Å²) in [7, 11) is -2.99. The van der Waals surface area contributed by atoms with Crippen LogP contribution in [0.3, 0.4) is 0 Å². The number of carbonyl (C=O) groups is 2. The molecule has 0 saturated carbocycles. The lowest BCUT2D eigenvalue weighted by Crippen LogP contribution is -2.25. The van der Waals surface area contributed by atoms with Crippen LogP contribution in [0, 0.1) is 5.82 Å². The zero-order valence-corrected chi connectivity index (χ0v) is 15.0. The quantitative estimate of drug-likeness (QED) is 0.536. The Hall–Kier alpha value is -2.98. The van der Waals surface area contributed by atoms with Gasteiger partial charge in [-0.1, -0.05) is 6.08 Å². The van der Waals surface area contributed by atoms with E-state index in [4.69, 9.17) is 9.15 Å². The highest BCUT2D eigenvalue weighted by atomic mass is 32.2. The predicted molar refractivity (Wildman–Crippen MR) is 91.0 cm³/mol. The van der Waals surface area contributed by atoms with E-state index in [1.807, 2.05) is 0 Å². The second kappa shape index (κ2) is 8.60. The standard InChI is InChI=1S/C17H16FNO7S/c1-3-7-19-27(22,23)15-9-11(4-5-13(15)18)16(20)26-10-14-12(6-8-25-14)17(21)24-2/h3-6,8-9,19H,1,7,10H2,2H3. The van der Waals surface area contributed by atoms with E-state index >= 15 is 0 Å². The van der Waals surface area contributed by atoms with Gasteiger partial charge in [0.25, 0.3) is 0 Å². The molecule has 1 heterocycles. The summed E-state index contributed by atoms with van der Waals surface area (Å²) in [5, 5.41) is 0. The average molecular weight is 397 g/mol. The Morgan fingerprint density at radius 3 is 2.70 bits per heavy atom. The second-order valence-electron chi connectivity index (χ2n) is 5.11. The predicted octanol–water partition coefficient (Wildman–Crippen LogP) is 2.03. The van der Waals surface area contributed by atoms with Crippen molar-refractivity contribution < 1.29 is 36.3 Å². The number of sulfonamides is 1. The van der Waals surface area contributed by atoms with Gasteiger partial charge in [-0.05, 0) is 24.3 Å². The van der Waals surface area contributed by atoms with Crippen LogP contribution in [0.25, 0.3) is 0 Å². The third kappa shape index (κ3) is 4.80. The van der Waals surface area contributed by atoms with Crippen molar-refractivity contribution in [1.82, 2.24) is 4.72 Å². The van der Waals surface area contributed by atoms with Gasteiger partial charge in [0.1, 0.15) is 16.3 Å². The Kier molecular flexibility index (Phi) is 6.48. The van der Waals surface area contributed by atoms with Crippen LogP contribution in [0.15, 0.2) is 52.5 Å². The summed E-state index contributed by atoms with van der Waals surface area (Å²) in [4.78, 5) is 23.0. The summed E-state index contributed by atoms with van der Waals surface area (Å²) in [6.45, 7) is 2.86. The molecule has 0 amide bonds. The first-order valence-corrected chi connectivity index (χ1v) is 9.00. The number of halogens is 1. The fourth-order valence-corrected chi connectivity index (χ4v) is 3.14. The molecule has 1 aromatic carbocycles. The number of nitrogens with one attached hydrogen (secondary N) is 1. The van der Waals surface area contributed by atoms with Crippen molar-refractivity contribution in [2.45, 2.75) is 11.5 Å². The van der Waals surface area contributed by atoms with Crippen LogP contribution in [0.2, 0.25) is 0 Å². The topological polar surface area (TPSA) is 112 Å². The molecule has 2 rings (SSSR count). The van der Waals surface area contributed by atoms with Crippen molar-refractivity contribution in [3.63, 3.8) is 0 Å². The van der Waals surface area contributed by atoms with Crippen LogP contribution in [0.5, 0.6) is 0 Å². The number of furan rings is 1. The molecule has 10 heteroatoms. The molecule has 1 aromatic heterocycles. The molecule has 2 aromatic rings. The molecule has 0 bridgehead atoms. The van der Waals surface area contributed by atoms with Crippen LogP contribution >= 0.6 is 0 Å². The average Bonchev–Trinajstić information content (AvgIpc) is 3.12. The van der Waals surface area contributed by atoms with E-state index in [-0.39, 0.29) is 23.4 Å². The van der Waals surface area contributed by atoms with Gasteiger partial charge < -0.3 is 13.9 Å². The molecule has 0 radical (unpaired) electrons. The van der Waals surface area contributed by atoms with Crippen LogP contribution < -0.4 is 4.72 Å². The molecule has 0 saturated heterocycles. The van der Waals surface area contributed by atoms with Crippen molar-refractivity contribution >= 4 is 22.0 Å². The van der Waals surface area contributed by atoms with E-state index in [0.29, 0.717) is 0 Å². The van der Waals surface area contributed by atoms with E-state index in [2.05, 4.69) is 16.0 Å². The van der Waals surface area contributed by atoms with Crippen LogP contribution in [0.1, 0.15) is 26.5 Å². The number of carbonyl (C=O) groups excluding carboxylic acids is 2. The molecule has 0 aliphatic carbocycles. The first-order valence-electron chi connectivity index (χ1n) is 7.52. The number of benzene rings is 1. The minimum atomic E-state index is -4.17. The largest absolute Gasteiger partial charge is 0.465 e. The van der Waals surface area contributed by atoms with Gasteiger partial charge in [-0.3, -0.25) is 0 Å². The molecule has 0 spiro atoms. The molecular formula is C17H16FNO7S. The Morgan fingerprint density at radius 2 is 2.04 bits per heavy atom. The molecule has 144 valence electrons. The van der Waals surface area contributed by atoms with E-state index in [9.17, 15) is 22.4 Å². The number of methoxy groups -OCH3 is 1. The highest BCUT2D eigenvalue weighted by Crippen LogP contribution is 2.18. The molecule has 8 nitrogen and oxygen atoms in total. The summed E-state index contributed by atoms with van der Waals surface area (Å²) in [5.74, 6) is -2.57. The number of rotatable bonds is 8. The smallest absolute Gasteiger partial charge is 0.341 e. The maximum absolute atomic E-state index is 13.9. The van der Waals surface area contributed by atoms with Gasteiger partial charge in [0.05, 0.1) is 18.9 Å². The third-order valence-corrected chi connectivity index (χ3v) is 4.80. The molecule has 0 aliphatic rings. The van der Waals surface area contributed by atoms with Gasteiger partial charge in [0, 0.05) is 6.54 Å². The van der Waals surface area contributed by atoms with Gasteiger partial charge in [-0.2, -0.15) is 0 Å². The highest BCUT2D eigenvalue weighted by molar-refractivity contribution is 7.89. The van der Waals surface area contributed by atoms with Crippen LogP contribution in [-0.4, -0.2) is 34.0 Å². The summed E-state index contributed by atoms with van der Waals surface area (Å²) in [5.41, 5.74) is -0.108. The lowest BCUT2D eigenvalue weighted by molar-refractivity contribution is 0.0432. The first-order chi connectivity index (χ1) is 12.8. The van der Waals surface area contributed by atoms with E-state index in [0.717, 1.165) is 18.2 Å². The minimum Gasteiger partial charge on any atom is -0.465 e. The van der Waals surface area contributed by atoms with Crippen molar-refractivity contribution in [3.8, 4) is 0 Å². The highest BCUT2D eigenvalue weighted by Gasteiger charge is 2.22. The monoisotopic (exact) mass is 397 g/mol. The fraction of sp³-hybridized carbons (Fsp3) is 0.176. The van der Waals surface area contributed by atoms with Crippen molar-refractivity contribution in [2.24, 2.45) is 0 Å². The van der Waals surface area contributed by atoms with Crippen molar-refractivity contribution in [3.05, 3.63) is 65.9 Å². The molecule has 0 aliphatic heterocycles. The SMILES string of the molecule is C=CCNS(=O)(=O)c1cc(C(=O)OCc2occc2C(=O)OC)ccc1F. The Balaban J connectivity index is 2.18. The molecule has 27 heavy (non-hydrogen) atoms. The zero-order chi connectivity index (χ0) is 20.0. The Morgan fingerprint density at radius 1 is 1.30 bits per heavy atom. The lowest BCUT2D eigenvalue weighted by Gasteiger charge is -2.09. The van der Waals surface area contributed by atoms with Gasteiger partial charge in [-0.25, -0.2) is 27.1 Å². The van der Waals surface area contributed by atoms with Crippen LogP contribution in [-0.2, 0) is 26.1 Å². The maximum atomic E-state index is 13.9. The summed E-state index contributed by atoms with van der Waals surface area (Å²) in [6.07, 6.45) is 2.51. The third-order valence-electron chi connectivity index (χ3n) is 3.36. The Bertz CT molecular complexity index is 965. The van der Waals surface area contributed by atoms with Crippen molar-refractivity contribution in [2.75, 3.05) is 13.7 Å². The summed E-state index contributed by atoms with van der Waals surface area (Å²) >= 11 is 0. The normalized spacial score (nSPS) is 11.0. The number of hydrogen-bond donors (Lipinski definition) is 1.